The quantitative estimate of drug-likeness (QED) is 0.717. The Morgan fingerprint density at radius 2 is 2.25 bits per heavy atom. The molecule has 2 rings (SSSR count). The van der Waals surface area contributed by atoms with Gasteiger partial charge >= 0.3 is 0 Å². The minimum atomic E-state index is 0.236. The predicted octanol–water partition coefficient (Wildman–Crippen LogP) is 1.85. The number of aryl methyl sites for hydroxylation is 1. The maximum atomic E-state index is 9.14. The van der Waals surface area contributed by atoms with E-state index in [4.69, 9.17) is 5.11 Å². The first-order valence-corrected chi connectivity index (χ1v) is 8.72. The zero-order chi connectivity index (χ0) is 14.2. The maximum Gasteiger partial charge on any atom is 0.191 e. The molecule has 1 aromatic rings. The van der Waals surface area contributed by atoms with Crippen molar-refractivity contribution in [3.63, 3.8) is 0 Å². The van der Waals surface area contributed by atoms with E-state index < -0.39 is 0 Å². The van der Waals surface area contributed by atoms with Gasteiger partial charge in [-0.1, -0.05) is 25.1 Å². The van der Waals surface area contributed by atoms with Gasteiger partial charge in [-0.15, -0.1) is 10.2 Å². The summed E-state index contributed by atoms with van der Waals surface area (Å²) >= 11 is 1.77. The van der Waals surface area contributed by atoms with Crippen molar-refractivity contribution in [3.05, 3.63) is 5.82 Å². The highest BCUT2D eigenvalue weighted by molar-refractivity contribution is 7.99. The minimum absolute atomic E-state index is 0.236. The summed E-state index contributed by atoms with van der Waals surface area (Å²) in [4.78, 5) is 0. The van der Waals surface area contributed by atoms with Crippen molar-refractivity contribution in [2.45, 2.75) is 63.2 Å². The number of aliphatic hydroxyl groups is 1. The molecule has 1 aliphatic heterocycles. The Balaban J connectivity index is 1.90. The molecule has 2 N–H and O–H groups in total. The number of aromatic nitrogens is 3. The summed E-state index contributed by atoms with van der Waals surface area (Å²) in [5, 5.41) is 22.3. The topological polar surface area (TPSA) is 63.0 Å². The van der Waals surface area contributed by atoms with Crippen LogP contribution in [0.25, 0.3) is 0 Å². The fraction of sp³-hybridized carbons (Fsp3) is 0.857. The number of fused-ring (bicyclic) bond motifs is 1. The summed E-state index contributed by atoms with van der Waals surface area (Å²) in [6.45, 7) is 4.45. The summed E-state index contributed by atoms with van der Waals surface area (Å²) in [6.07, 6.45) is 6.72. The molecular formula is C14H26N4OS. The Hall–Kier alpha value is -0.590. The van der Waals surface area contributed by atoms with Crippen LogP contribution in [0, 0.1) is 0 Å². The fourth-order valence-electron chi connectivity index (χ4n) is 2.49. The lowest BCUT2D eigenvalue weighted by Crippen LogP contribution is -2.33. The highest BCUT2D eigenvalue weighted by Crippen LogP contribution is 2.22. The Morgan fingerprint density at radius 1 is 1.35 bits per heavy atom. The second kappa shape index (κ2) is 8.64. The number of aliphatic hydroxyl groups excluding tert-OH is 1. The minimum Gasteiger partial charge on any atom is -0.396 e. The fourth-order valence-corrected chi connectivity index (χ4v) is 3.57. The van der Waals surface area contributed by atoms with Crippen molar-refractivity contribution < 1.29 is 5.11 Å². The van der Waals surface area contributed by atoms with Crippen LogP contribution in [0.5, 0.6) is 0 Å². The van der Waals surface area contributed by atoms with Gasteiger partial charge in [0.05, 0.1) is 0 Å². The molecule has 0 aromatic carbocycles. The van der Waals surface area contributed by atoms with Crippen molar-refractivity contribution in [2.24, 2.45) is 0 Å². The SMILES string of the molecule is CCCNC(CCO)CSc1nnc2n1CCCCC2. The number of nitrogens with zero attached hydrogens (tertiary/aromatic N) is 3. The van der Waals surface area contributed by atoms with Gasteiger partial charge in [0.15, 0.2) is 5.16 Å². The lowest BCUT2D eigenvalue weighted by Gasteiger charge is -2.17. The third-order valence-corrected chi connectivity index (χ3v) is 4.78. The van der Waals surface area contributed by atoms with E-state index in [9.17, 15) is 0 Å². The van der Waals surface area contributed by atoms with Crippen LogP contribution in [-0.4, -0.2) is 44.8 Å². The molecule has 114 valence electrons. The van der Waals surface area contributed by atoms with Crippen molar-refractivity contribution in [2.75, 3.05) is 18.9 Å². The predicted molar refractivity (Wildman–Crippen MR) is 82.1 cm³/mol. The molecule has 1 aromatic heterocycles. The van der Waals surface area contributed by atoms with Crippen LogP contribution in [0.4, 0.5) is 0 Å². The van der Waals surface area contributed by atoms with Crippen molar-refractivity contribution in [1.82, 2.24) is 20.1 Å². The molecule has 0 saturated heterocycles. The third kappa shape index (κ3) is 4.46. The smallest absolute Gasteiger partial charge is 0.191 e. The van der Waals surface area contributed by atoms with E-state index in [-0.39, 0.29) is 6.61 Å². The molecule has 0 amide bonds. The molecule has 2 heterocycles. The third-order valence-electron chi connectivity index (χ3n) is 3.65. The summed E-state index contributed by atoms with van der Waals surface area (Å²) in [5.74, 6) is 2.09. The molecule has 0 radical (unpaired) electrons. The first kappa shape index (κ1) is 15.8. The standard InChI is InChI=1S/C14H26N4OS/c1-2-8-15-12(7-10-19)11-20-14-17-16-13-6-4-3-5-9-18(13)14/h12,15,19H,2-11H2,1H3. The van der Waals surface area contributed by atoms with Crippen LogP contribution in [0.1, 0.15) is 44.9 Å². The number of rotatable bonds is 8. The average Bonchev–Trinajstić information content (AvgIpc) is 2.69. The molecule has 1 atom stereocenters. The highest BCUT2D eigenvalue weighted by Gasteiger charge is 2.16. The molecule has 1 unspecified atom stereocenters. The Morgan fingerprint density at radius 3 is 3.05 bits per heavy atom. The molecule has 0 spiro atoms. The largest absolute Gasteiger partial charge is 0.396 e. The number of hydrogen-bond donors (Lipinski definition) is 2. The summed E-state index contributed by atoms with van der Waals surface area (Å²) in [5.41, 5.74) is 0. The molecule has 20 heavy (non-hydrogen) atoms. The number of nitrogens with one attached hydrogen (secondary N) is 1. The zero-order valence-corrected chi connectivity index (χ0v) is 13.2. The van der Waals surface area contributed by atoms with Gasteiger partial charge in [-0.2, -0.15) is 0 Å². The van der Waals surface area contributed by atoms with E-state index in [0.717, 1.165) is 49.1 Å². The van der Waals surface area contributed by atoms with Gasteiger partial charge in [-0.3, -0.25) is 0 Å². The Bertz CT molecular complexity index is 397. The normalized spacial score (nSPS) is 16.7. The monoisotopic (exact) mass is 298 g/mol. The van der Waals surface area contributed by atoms with Gasteiger partial charge in [0.2, 0.25) is 0 Å². The molecule has 1 aliphatic rings. The van der Waals surface area contributed by atoms with Gasteiger partial charge in [-0.25, -0.2) is 0 Å². The van der Waals surface area contributed by atoms with Crippen LogP contribution in [-0.2, 0) is 13.0 Å². The summed E-state index contributed by atoms with van der Waals surface area (Å²) < 4.78 is 2.29. The van der Waals surface area contributed by atoms with Crippen molar-refractivity contribution in [1.29, 1.82) is 0 Å². The van der Waals surface area contributed by atoms with Crippen LogP contribution < -0.4 is 5.32 Å². The molecule has 0 aliphatic carbocycles. The second-order valence-corrected chi connectivity index (χ2v) is 6.32. The lowest BCUT2D eigenvalue weighted by molar-refractivity contribution is 0.270. The van der Waals surface area contributed by atoms with Crippen molar-refractivity contribution in [3.8, 4) is 0 Å². The van der Waals surface area contributed by atoms with E-state index in [1.807, 2.05) is 0 Å². The number of thioether (sulfide) groups is 1. The molecular weight excluding hydrogens is 272 g/mol. The van der Waals surface area contributed by atoms with Gasteiger partial charge in [0, 0.05) is 31.4 Å². The van der Waals surface area contributed by atoms with Gasteiger partial charge in [0.25, 0.3) is 0 Å². The Labute approximate surface area is 125 Å². The molecule has 0 bridgehead atoms. The summed E-state index contributed by atoms with van der Waals surface area (Å²) in [6, 6.07) is 0.351. The Kier molecular flexibility index (Phi) is 6.82. The second-order valence-electron chi connectivity index (χ2n) is 5.34. The van der Waals surface area contributed by atoms with Gasteiger partial charge in [-0.05, 0) is 32.2 Å². The average molecular weight is 298 g/mol. The highest BCUT2D eigenvalue weighted by atomic mass is 32.2. The molecule has 0 fully saturated rings. The van der Waals surface area contributed by atoms with Crippen LogP contribution in [0.2, 0.25) is 0 Å². The van der Waals surface area contributed by atoms with Gasteiger partial charge in [0.1, 0.15) is 5.82 Å². The maximum absolute atomic E-state index is 9.14. The van der Waals surface area contributed by atoms with E-state index in [1.54, 1.807) is 11.8 Å². The van der Waals surface area contributed by atoms with E-state index in [2.05, 4.69) is 27.0 Å². The zero-order valence-electron chi connectivity index (χ0n) is 12.3. The molecule has 0 saturated carbocycles. The summed E-state index contributed by atoms with van der Waals surface area (Å²) in [7, 11) is 0. The number of hydrogen-bond acceptors (Lipinski definition) is 5. The van der Waals surface area contributed by atoms with Crippen LogP contribution in [0.3, 0.4) is 0 Å². The van der Waals surface area contributed by atoms with E-state index in [1.165, 1.54) is 19.3 Å². The first-order valence-electron chi connectivity index (χ1n) is 7.74. The van der Waals surface area contributed by atoms with Crippen LogP contribution in [0.15, 0.2) is 5.16 Å². The lowest BCUT2D eigenvalue weighted by atomic mass is 10.2. The molecule has 6 heteroatoms. The van der Waals surface area contributed by atoms with Gasteiger partial charge < -0.3 is 15.0 Å². The van der Waals surface area contributed by atoms with E-state index >= 15 is 0 Å². The van der Waals surface area contributed by atoms with Crippen LogP contribution >= 0.6 is 11.8 Å². The first-order chi connectivity index (χ1) is 9.85. The van der Waals surface area contributed by atoms with E-state index in [0.29, 0.717) is 6.04 Å². The van der Waals surface area contributed by atoms with Crippen molar-refractivity contribution >= 4 is 11.8 Å². The molecule has 5 nitrogen and oxygen atoms in total.